The van der Waals surface area contributed by atoms with Crippen LogP contribution in [-0.2, 0) is 0 Å². The van der Waals surface area contributed by atoms with Gasteiger partial charge >= 0.3 is 58.2 Å². The standard InChI is InChI=1S/C13H9.Rb/c1-3-7-12-10(5-1)9-11-6-2-4-8-13(11)12;/h1-9H;/q-1;+1. The first kappa shape index (κ1) is 10.6. The molecule has 0 nitrogen and oxygen atoms in total. The quantitative estimate of drug-likeness (QED) is 0.516. The summed E-state index contributed by atoms with van der Waals surface area (Å²) in [6.07, 6.45) is 0. The van der Waals surface area contributed by atoms with Gasteiger partial charge in [0.2, 0.25) is 0 Å². The third kappa shape index (κ3) is 1.65. The van der Waals surface area contributed by atoms with Crippen LogP contribution in [0.1, 0.15) is 0 Å². The minimum atomic E-state index is 0. The van der Waals surface area contributed by atoms with E-state index in [0.29, 0.717) is 0 Å². The molecule has 0 saturated carbocycles. The number of rotatable bonds is 0. The van der Waals surface area contributed by atoms with Crippen LogP contribution in [0, 0.1) is 0 Å². The Balaban J connectivity index is 0.000000750. The maximum Gasteiger partial charge on any atom is 1.00 e. The predicted molar refractivity (Wildman–Crippen MR) is 57.0 cm³/mol. The predicted octanol–water partition coefficient (Wildman–Crippen LogP) is 0.716. The zero-order valence-electron chi connectivity index (χ0n) is 8.20. The van der Waals surface area contributed by atoms with Crippen molar-refractivity contribution in [3.8, 4) is 0 Å². The summed E-state index contributed by atoms with van der Waals surface area (Å²) < 4.78 is 0. The van der Waals surface area contributed by atoms with Gasteiger partial charge in [0.15, 0.2) is 0 Å². The smallest absolute Gasteiger partial charge is 0.126 e. The van der Waals surface area contributed by atoms with Crippen molar-refractivity contribution in [2.45, 2.75) is 0 Å². The van der Waals surface area contributed by atoms with Gasteiger partial charge in [-0.15, -0.1) is 39.7 Å². The van der Waals surface area contributed by atoms with Gasteiger partial charge in [-0.3, -0.25) is 0 Å². The molecule has 0 bridgehead atoms. The Morgan fingerprint density at radius 2 is 1.07 bits per heavy atom. The van der Waals surface area contributed by atoms with E-state index in [4.69, 9.17) is 0 Å². The Kier molecular flexibility index (Phi) is 3.28. The van der Waals surface area contributed by atoms with E-state index in [2.05, 4.69) is 54.6 Å². The van der Waals surface area contributed by atoms with E-state index in [1.54, 1.807) is 0 Å². The van der Waals surface area contributed by atoms with Gasteiger partial charge < -0.3 is 0 Å². The van der Waals surface area contributed by atoms with Crippen molar-refractivity contribution in [1.29, 1.82) is 0 Å². The first-order valence-electron chi connectivity index (χ1n) is 4.48. The third-order valence-corrected chi connectivity index (χ3v) is 2.52. The summed E-state index contributed by atoms with van der Waals surface area (Å²) in [7, 11) is 0. The molecule has 3 aromatic rings. The molecule has 0 aliphatic rings. The molecular weight excluding hydrogens is 242 g/mol. The molecule has 0 unspecified atom stereocenters. The van der Waals surface area contributed by atoms with Gasteiger partial charge in [-0.05, 0) is 0 Å². The molecule has 1 heteroatoms. The Morgan fingerprint density at radius 3 is 1.57 bits per heavy atom. The fourth-order valence-corrected chi connectivity index (χ4v) is 1.90. The molecule has 0 radical (unpaired) electrons. The van der Waals surface area contributed by atoms with Crippen molar-refractivity contribution < 1.29 is 58.2 Å². The summed E-state index contributed by atoms with van der Waals surface area (Å²) in [5, 5.41) is 5.39. The van der Waals surface area contributed by atoms with E-state index in [-0.39, 0.29) is 58.2 Å². The monoisotopic (exact) mass is 250 g/mol. The fraction of sp³-hybridized carbons (Fsp3) is 0. The topological polar surface area (TPSA) is 0 Å². The zero-order valence-corrected chi connectivity index (χ0v) is 13.1. The second kappa shape index (κ2) is 4.32. The molecule has 0 aliphatic carbocycles. The molecule has 0 fully saturated rings. The van der Waals surface area contributed by atoms with E-state index >= 15 is 0 Å². The first-order valence-corrected chi connectivity index (χ1v) is 4.48. The maximum atomic E-state index is 2.24. The van der Waals surface area contributed by atoms with E-state index in [9.17, 15) is 0 Å². The molecule has 0 atom stereocenters. The van der Waals surface area contributed by atoms with Crippen LogP contribution >= 0.6 is 0 Å². The fourth-order valence-electron chi connectivity index (χ4n) is 1.90. The van der Waals surface area contributed by atoms with Gasteiger partial charge in [-0.1, -0.05) is 36.4 Å². The second-order valence-corrected chi connectivity index (χ2v) is 3.32. The minimum absolute atomic E-state index is 0. The van der Waals surface area contributed by atoms with E-state index in [0.717, 1.165) is 0 Å². The Labute approximate surface area is 132 Å². The summed E-state index contributed by atoms with van der Waals surface area (Å²) in [4.78, 5) is 0. The molecule has 14 heavy (non-hydrogen) atoms. The number of hydrogen-bond acceptors (Lipinski definition) is 0. The van der Waals surface area contributed by atoms with E-state index < -0.39 is 0 Å². The molecule has 0 aliphatic heterocycles. The third-order valence-electron chi connectivity index (χ3n) is 2.52. The van der Waals surface area contributed by atoms with Crippen molar-refractivity contribution in [3.63, 3.8) is 0 Å². The largest absolute Gasteiger partial charge is 1.00 e. The molecule has 0 saturated heterocycles. The summed E-state index contributed by atoms with van der Waals surface area (Å²) in [5.74, 6) is 0. The van der Waals surface area contributed by atoms with Gasteiger partial charge in [0.05, 0.1) is 0 Å². The van der Waals surface area contributed by atoms with Crippen molar-refractivity contribution in [2.75, 3.05) is 0 Å². The van der Waals surface area contributed by atoms with Crippen LogP contribution < -0.4 is 58.2 Å². The van der Waals surface area contributed by atoms with E-state index in [1.165, 1.54) is 21.5 Å². The van der Waals surface area contributed by atoms with Crippen LogP contribution in [0.4, 0.5) is 0 Å². The van der Waals surface area contributed by atoms with Gasteiger partial charge in [-0.25, -0.2) is 0 Å². The van der Waals surface area contributed by atoms with Crippen LogP contribution in [0.2, 0.25) is 0 Å². The molecule has 0 N–H and O–H groups in total. The Hall–Kier alpha value is 0.115. The van der Waals surface area contributed by atoms with Crippen LogP contribution in [0.25, 0.3) is 21.5 Å². The summed E-state index contributed by atoms with van der Waals surface area (Å²) in [6.45, 7) is 0. The second-order valence-electron chi connectivity index (χ2n) is 3.32. The Bertz CT molecular complexity index is 513. The molecular formula is C13H9Rb. The summed E-state index contributed by atoms with van der Waals surface area (Å²) in [5.41, 5.74) is 0. The van der Waals surface area contributed by atoms with Crippen LogP contribution in [0.5, 0.6) is 0 Å². The Morgan fingerprint density at radius 1 is 0.643 bits per heavy atom. The van der Waals surface area contributed by atoms with Gasteiger partial charge in [0.1, 0.15) is 0 Å². The van der Waals surface area contributed by atoms with Crippen molar-refractivity contribution >= 4 is 21.5 Å². The molecule has 0 heterocycles. The first-order chi connectivity index (χ1) is 6.45. The summed E-state index contributed by atoms with van der Waals surface area (Å²) >= 11 is 0. The SMILES string of the molecule is [Rb+].c1ccc2c(c1)[cH-]c1ccccc12. The van der Waals surface area contributed by atoms with Gasteiger partial charge in [-0.2, -0.15) is 0 Å². The minimum Gasteiger partial charge on any atom is -0.126 e. The molecule has 3 rings (SSSR count). The molecule has 0 spiro atoms. The van der Waals surface area contributed by atoms with Crippen LogP contribution in [0.15, 0.2) is 54.6 Å². The van der Waals surface area contributed by atoms with E-state index in [1.807, 2.05) is 0 Å². The average Bonchev–Trinajstić information content (AvgIpc) is 2.56. The van der Waals surface area contributed by atoms with Crippen molar-refractivity contribution in [3.05, 3.63) is 54.6 Å². The van der Waals surface area contributed by atoms with Crippen LogP contribution in [-0.4, -0.2) is 0 Å². The zero-order chi connectivity index (χ0) is 8.67. The number of hydrogen-bond donors (Lipinski definition) is 0. The molecule has 62 valence electrons. The molecule has 0 aromatic heterocycles. The van der Waals surface area contributed by atoms with Crippen LogP contribution in [0.3, 0.4) is 0 Å². The normalized spacial score (nSPS) is 10.3. The average molecular weight is 251 g/mol. The number of benzene rings is 2. The number of fused-ring (bicyclic) bond motifs is 3. The summed E-state index contributed by atoms with van der Waals surface area (Å²) in [6, 6.07) is 19.3. The van der Waals surface area contributed by atoms with Crippen molar-refractivity contribution in [2.24, 2.45) is 0 Å². The molecule has 0 amide bonds. The van der Waals surface area contributed by atoms with Crippen molar-refractivity contribution in [1.82, 2.24) is 0 Å². The maximum absolute atomic E-state index is 2.24. The van der Waals surface area contributed by atoms with Gasteiger partial charge in [0.25, 0.3) is 0 Å². The van der Waals surface area contributed by atoms with Gasteiger partial charge in [0, 0.05) is 0 Å². The molecule has 3 aromatic carbocycles.